The second kappa shape index (κ2) is 21.8. The molecule has 12 nitrogen and oxygen atoms in total. The molecule has 442 valence electrons. The second-order valence-corrected chi connectivity index (χ2v) is 23.7. The first kappa shape index (κ1) is 54.9. The lowest BCUT2D eigenvalue weighted by molar-refractivity contribution is 1.01. The summed E-state index contributed by atoms with van der Waals surface area (Å²) in [7, 11) is 0. The molecule has 0 radical (unpaired) electrons. The third-order valence-electron chi connectivity index (χ3n) is 18.5. The molecular weight excluding hydrogens is 1180 g/mol. The van der Waals surface area contributed by atoms with Gasteiger partial charge < -0.3 is 18.3 Å². The largest absolute Gasteiger partial charge is 0.306 e. The molecule has 0 N–H and O–H groups in total. The van der Waals surface area contributed by atoms with Crippen LogP contribution < -0.4 is 0 Å². The lowest BCUT2D eigenvalue weighted by atomic mass is 9.93. The molecular formula is C84H46N12. The van der Waals surface area contributed by atoms with Crippen molar-refractivity contribution in [3.05, 3.63) is 301 Å². The molecule has 0 fully saturated rings. The molecule has 12 heteroatoms. The average Bonchev–Trinajstić information content (AvgIpc) is 1.42. The average molecular weight is 1220 g/mol. The molecule has 0 bridgehead atoms. The zero-order valence-corrected chi connectivity index (χ0v) is 50.9. The van der Waals surface area contributed by atoms with Crippen LogP contribution in [0.5, 0.6) is 0 Å². The predicted octanol–water partition coefficient (Wildman–Crippen LogP) is 19.5. The first-order valence-corrected chi connectivity index (χ1v) is 31.4. The molecule has 0 saturated heterocycles. The molecule has 18 rings (SSSR count). The van der Waals surface area contributed by atoms with Crippen molar-refractivity contribution < 1.29 is 0 Å². The van der Waals surface area contributed by atoms with Gasteiger partial charge in [-0.2, -0.15) is 21.0 Å². The van der Waals surface area contributed by atoms with Crippen molar-refractivity contribution in [3.63, 3.8) is 0 Å². The van der Waals surface area contributed by atoms with Crippen LogP contribution in [0.3, 0.4) is 0 Å². The standard InChI is InChI=1S/C84H46N12/c85-47-51-35-39-72-62(43-51)58-25-10-14-31-68(58)93(72)78-76(67-30-18-29-66(89-67)55-19-4-1-5-20-55)77(84-91-82(56-21-6-2-7-22-56)90-83(92-84)57-23-8-3-9-24-57)79(94-69-32-15-11-26-59(69)63-44-52(48-86)36-40-73(63)94)81(96-71-34-17-13-28-61(71)65-46-54(50-88)38-42-75(65)96)80(78)95-70-33-16-12-27-60(70)64-45-53(49-87)37-41-74(64)95/h1-46H. The number of para-hydroxylation sites is 4. The van der Waals surface area contributed by atoms with Crippen LogP contribution in [-0.4, -0.2) is 38.2 Å². The van der Waals surface area contributed by atoms with Gasteiger partial charge in [-0.25, -0.2) is 19.9 Å². The zero-order valence-electron chi connectivity index (χ0n) is 50.9. The fourth-order valence-corrected chi connectivity index (χ4v) is 14.4. The lowest BCUT2D eigenvalue weighted by Gasteiger charge is -2.30. The van der Waals surface area contributed by atoms with Gasteiger partial charge in [0.25, 0.3) is 0 Å². The van der Waals surface area contributed by atoms with Gasteiger partial charge in [0.15, 0.2) is 17.5 Å². The minimum Gasteiger partial charge on any atom is -0.306 e. The third kappa shape index (κ3) is 8.38. The van der Waals surface area contributed by atoms with Crippen molar-refractivity contribution >= 4 is 87.2 Å². The fourth-order valence-electron chi connectivity index (χ4n) is 14.4. The number of benzene rings is 12. The molecule has 0 amide bonds. The number of nitriles is 4. The summed E-state index contributed by atoms with van der Waals surface area (Å²) in [5.41, 5.74) is 16.0. The van der Waals surface area contributed by atoms with Crippen LogP contribution in [0.15, 0.2) is 279 Å². The van der Waals surface area contributed by atoms with Gasteiger partial charge in [-0.15, -0.1) is 0 Å². The molecule has 0 unspecified atom stereocenters. The Kier molecular flexibility index (Phi) is 12.5. The van der Waals surface area contributed by atoms with E-state index in [1.807, 2.05) is 194 Å². The molecule has 12 aromatic carbocycles. The van der Waals surface area contributed by atoms with E-state index in [0.29, 0.717) is 85.0 Å². The summed E-state index contributed by atoms with van der Waals surface area (Å²) in [5, 5.41) is 50.1. The zero-order chi connectivity index (χ0) is 64.1. The highest BCUT2D eigenvalue weighted by atomic mass is 15.2. The third-order valence-corrected chi connectivity index (χ3v) is 18.5. The Morgan fingerprint density at radius 2 is 0.510 bits per heavy atom. The van der Waals surface area contributed by atoms with Gasteiger partial charge in [0.05, 0.1) is 130 Å². The first-order chi connectivity index (χ1) is 47.5. The highest BCUT2D eigenvalue weighted by Gasteiger charge is 2.37. The SMILES string of the molecule is N#Cc1ccc2c(c1)c1ccccc1n2-c1c(-c2cccc(-c3ccccc3)n2)c(-c2nc(-c3ccccc3)nc(-c3ccccc3)n2)c(-n2c3ccccc3c3cc(C#N)ccc32)c(-n2c3ccccc3c3cc(C#N)ccc32)c1-n1c2ccccc2c2cc(C#N)ccc21. The summed E-state index contributed by atoms with van der Waals surface area (Å²) in [6.45, 7) is 0. The van der Waals surface area contributed by atoms with E-state index >= 15 is 0 Å². The van der Waals surface area contributed by atoms with Crippen molar-refractivity contribution in [2.24, 2.45) is 0 Å². The van der Waals surface area contributed by atoms with Crippen LogP contribution in [0, 0.1) is 45.3 Å². The molecule has 0 aliphatic heterocycles. The summed E-state index contributed by atoms with van der Waals surface area (Å²) in [6.07, 6.45) is 0. The Balaban J connectivity index is 1.23. The maximum atomic E-state index is 10.8. The van der Waals surface area contributed by atoms with Gasteiger partial charge in [0.1, 0.15) is 0 Å². The number of fused-ring (bicyclic) bond motifs is 12. The number of hydrogen-bond acceptors (Lipinski definition) is 8. The van der Waals surface area contributed by atoms with Gasteiger partial charge in [0, 0.05) is 65.3 Å². The number of nitrogens with zero attached hydrogens (tertiary/aromatic N) is 12. The minimum atomic E-state index is 0.314. The predicted molar refractivity (Wildman–Crippen MR) is 381 cm³/mol. The van der Waals surface area contributed by atoms with Crippen LogP contribution in [0.4, 0.5) is 0 Å². The number of hydrogen-bond donors (Lipinski definition) is 0. The molecule has 18 aromatic rings. The van der Waals surface area contributed by atoms with Crippen LogP contribution in [-0.2, 0) is 0 Å². The van der Waals surface area contributed by atoms with Gasteiger partial charge in [0.2, 0.25) is 0 Å². The Hall–Kier alpha value is -14.0. The van der Waals surface area contributed by atoms with Crippen molar-refractivity contribution in [2.75, 3.05) is 0 Å². The van der Waals surface area contributed by atoms with E-state index in [1.165, 1.54) is 0 Å². The van der Waals surface area contributed by atoms with E-state index in [0.717, 1.165) is 104 Å². The van der Waals surface area contributed by atoms with Crippen molar-refractivity contribution in [2.45, 2.75) is 0 Å². The summed E-state index contributed by atoms with van der Waals surface area (Å²) in [4.78, 5) is 23.0. The van der Waals surface area contributed by atoms with Gasteiger partial charge in [-0.05, 0) is 109 Å². The smallest absolute Gasteiger partial charge is 0.167 e. The topological polar surface area (TPSA) is 166 Å². The summed E-state index contributed by atoms with van der Waals surface area (Å²) in [5.74, 6) is 1.16. The number of aromatic nitrogens is 8. The first-order valence-electron chi connectivity index (χ1n) is 31.4. The highest BCUT2D eigenvalue weighted by molar-refractivity contribution is 6.19. The van der Waals surface area contributed by atoms with Crippen molar-refractivity contribution in [1.82, 2.24) is 38.2 Å². The van der Waals surface area contributed by atoms with Gasteiger partial charge in [-0.1, -0.05) is 170 Å². The molecule has 0 spiro atoms. The van der Waals surface area contributed by atoms with Crippen molar-refractivity contribution in [3.8, 4) is 104 Å². The van der Waals surface area contributed by atoms with Gasteiger partial charge >= 0.3 is 0 Å². The molecule has 96 heavy (non-hydrogen) atoms. The summed E-state index contributed by atoms with van der Waals surface area (Å²) >= 11 is 0. The minimum absolute atomic E-state index is 0.314. The second-order valence-electron chi connectivity index (χ2n) is 23.7. The molecule has 0 aliphatic carbocycles. The molecule has 0 aliphatic rings. The Morgan fingerprint density at radius 3 is 0.875 bits per heavy atom. The number of pyridine rings is 1. The maximum absolute atomic E-state index is 10.8. The lowest BCUT2D eigenvalue weighted by Crippen LogP contribution is -2.17. The molecule has 6 heterocycles. The van der Waals surface area contributed by atoms with Gasteiger partial charge in [-0.3, -0.25) is 0 Å². The Morgan fingerprint density at radius 1 is 0.219 bits per heavy atom. The fraction of sp³-hybridized carbons (Fsp3) is 0. The van der Waals surface area contributed by atoms with E-state index in [4.69, 9.17) is 19.9 Å². The van der Waals surface area contributed by atoms with E-state index in [2.05, 4.69) is 127 Å². The molecule has 6 aromatic heterocycles. The summed E-state index contributed by atoms with van der Waals surface area (Å²) in [6, 6.07) is 103. The van der Waals surface area contributed by atoms with E-state index in [1.54, 1.807) is 0 Å². The monoisotopic (exact) mass is 1220 g/mol. The Labute approximate surface area is 548 Å². The van der Waals surface area contributed by atoms with Crippen LogP contribution >= 0.6 is 0 Å². The summed E-state index contributed by atoms with van der Waals surface area (Å²) < 4.78 is 9.34. The van der Waals surface area contributed by atoms with Crippen LogP contribution in [0.1, 0.15) is 22.3 Å². The Bertz CT molecular complexity index is 6440. The van der Waals surface area contributed by atoms with Crippen LogP contribution in [0.2, 0.25) is 0 Å². The van der Waals surface area contributed by atoms with E-state index < -0.39 is 0 Å². The molecule has 0 atom stereocenters. The van der Waals surface area contributed by atoms with E-state index in [-0.39, 0.29) is 0 Å². The highest BCUT2D eigenvalue weighted by Crippen LogP contribution is 2.54. The van der Waals surface area contributed by atoms with E-state index in [9.17, 15) is 21.0 Å². The van der Waals surface area contributed by atoms with Crippen molar-refractivity contribution in [1.29, 1.82) is 21.0 Å². The quantitative estimate of drug-likeness (QED) is 0.138. The van der Waals surface area contributed by atoms with Crippen LogP contribution in [0.25, 0.3) is 167 Å². The number of rotatable bonds is 9. The molecule has 0 saturated carbocycles. The maximum Gasteiger partial charge on any atom is 0.167 e. The normalized spacial score (nSPS) is 11.5.